The summed E-state index contributed by atoms with van der Waals surface area (Å²) < 4.78 is 10.0. The monoisotopic (exact) mass is 378 g/mol. The molecule has 6 heteroatoms. The third-order valence-corrected chi connectivity index (χ3v) is 4.17. The Kier molecular flexibility index (Phi) is 5.89. The van der Waals surface area contributed by atoms with Crippen LogP contribution in [0.1, 0.15) is 39.8 Å². The molecular weight excluding hydrogens is 356 g/mol. The van der Waals surface area contributed by atoms with E-state index < -0.39 is 5.97 Å². The van der Waals surface area contributed by atoms with E-state index in [1.165, 1.54) is 7.11 Å². The lowest BCUT2D eigenvalue weighted by Gasteiger charge is -2.13. The number of methoxy groups -OCH3 is 1. The fourth-order valence-electron chi connectivity index (χ4n) is 2.86. The molecule has 0 amide bonds. The van der Waals surface area contributed by atoms with Crippen LogP contribution in [0.2, 0.25) is 0 Å². The highest BCUT2D eigenvalue weighted by molar-refractivity contribution is 6.00. The minimum atomic E-state index is -0.408. The fraction of sp³-hybridized carbons (Fsp3) is 0.227. The van der Waals surface area contributed by atoms with E-state index in [0.717, 1.165) is 34.4 Å². The van der Waals surface area contributed by atoms with Crippen LogP contribution in [-0.2, 0) is 9.47 Å². The minimum absolute atomic E-state index is 0.353. The number of benzene rings is 2. The lowest BCUT2D eigenvalue weighted by molar-refractivity contribution is 0.0504. The standard InChI is InChI=1S/C22H22N2O4/c1-4-10-28-22(26)15-6-5-7-17(12-15)24-20-11-14(2)23-19-9-8-16(13-18(19)20)21(25)27-3/h5-9,11-13H,4,10H2,1-3H3,(H,23,24). The maximum Gasteiger partial charge on any atom is 0.338 e. The molecule has 1 aromatic heterocycles. The maximum absolute atomic E-state index is 12.1. The SMILES string of the molecule is CCCOC(=O)c1cccc(Nc2cc(C)nc3ccc(C(=O)OC)cc23)c1. The predicted octanol–water partition coefficient (Wildman–Crippen LogP) is 4.64. The Balaban J connectivity index is 1.97. The van der Waals surface area contributed by atoms with Gasteiger partial charge in [0.1, 0.15) is 0 Å². The molecule has 0 radical (unpaired) electrons. The molecule has 0 atom stereocenters. The highest BCUT2D eigenvalue weighted by atomic mass is 16.5. The van der Waals surface area contributed by atoms with Crippen molar-refractivity contribution in [2.45, 2.75) is 20.3 Å². The first-order valence-corrected chi connectivity index (χ1v) is 9.05. The number of fused-ring (bicyclic) bond motifs is 1. The number of aryl methyl sites for hydroxylation is 1. The highest BCUT2D eigenvalue weighted by Gasteiger charge is 2.12. The molecule has 0 spiro atoms. The van der Waals surface area contributed by atoms with Gasteiger partial charge in [0.25, 0.3) is 0 Å². The van der Waals surface area contributed by atoms with Crippen molar-refractivity contribution >= 4 is 34.2 Å². The molecule has 0 saturated heterocycles. The second kappa shape index (κ2) is 8.52. The summed E-state index contributed by atoms with van der Waals surface area (Å²) in [6.45, 7) is 4.24. The predicted molar refractivity (Wildman–Crippen MR) is 108 cm³/mol. The van der Waals surface area contributed by atoms with E-state index in [-0.39, 0.29) is 5.97 Å². The van der Waals surface area contributed by atoms with E-state index in [1.54, 1.807) is 36.4 Å². The molecule has 3 rings (SSSR count). The average molecular weight is 378 g/mol. The number of carbonyl (C=O) groups excluding carboxylic acids is 2. The average Bonchev–Trinajstić information content (AvgIpc) is 2.71. The van der Waals surface area contributed by atoms with Gasteiger partial charge < -0.3 is 14.8 Å². The number of ether oxygens (including phenoxy) is 2. The molecule has 0 fully saturated rings. The van der Waals surface area contributed by atoms with Gasteiger partial charge in [-0.2, -0.15) is 0 Å². The number of rotatable bonds is 6. The molecule has 0 unspecified atom stereocenters. The Labute approximate surface area is 163 Å². The van der Waals surface area contributed by atoms with E-state index in [2.05, 4.69) is 10.3 Å². The lowest BCUT2D eigenvalue weighted by Crippen LogP contribution is -2.06. The van der Waals surface area contributed by atoms with Crippen LogP contribution in [0.3, 0.4) is 0 Å². The van der Waals surface area contributed by atoms with Gasteiger partial charge in [-0.1, -0.05) is 13.0 Å². The van der Waals surface area contributed by atoms with Crippen molar-refractivity contribution in [2.24, 2.45) is 0 Å². The normalized spacial score (nSPS) is 10.5. The van der Waals surface area contributed by atoms with Gasteiger partial charge in [-0.3, -0.25) is 4.98 Å². The van der Waals surface area contributed by atoms with Crippen molar-refractivity contribution < 1.29 is 19.1 Å². The van der Waals surface area contributed by atoms with E-state index in [9.17, 15) is 9.59 Å². The van der Waals surface area contributed by atoms with E-state index in [0.29, 0.717) is 17.7 Å². The Bertz CT molecular complexity index is 1030. The zero-order valence-electron chi connectivity index (χ0n) is 16.1. The van der Waals surface area contributed by atoms with Gasteiger partial charge in [0.15, 0.2) is 0 Å². The van der Waals surface area contributed by atoms with Gasteiger partial charge >= 0.3 is 11.9 Å². The zero-order valence-corrected chi connectivity index (χ0v) is 16.1. The van der Waals surface area contributed by atoms with Crippen molar-refractivity contribution in [1.29, 1.82) is 0 Å². The molecule has 2 aromatic carbocycles. The number of nitrogens with zero attached hydrogens (tertiary/aromatic N) is 1. The summed E-state index contributed by atoms with van der Waals surface area (Å²) in [5.41, 5.74) is 4.03. The Morgan fingerprint density at radius 1 is 1.04 bits per heavy atom. The summed E-state index contributed by atoms with van der Waals surface area (Å²) in [4.78, 5) is 28.5. The van der Waals surface area contributed by atoms with Crippen molar-refractivity contribution in [3.8, 4) is 0 Å². The van der Waals surface area contributed by atoms with Crippen molar-refractivity contribution in [2.75, 3.05) is 19.0 Å². The van der Waals surface area contributed by atoms with Gasteiger partial charge in [-0.15, -0.1) is 0 Å². The molecule has 3 aromatic rings. The number of pyridine rings is 1. The second-order valence-electron chi connectivity index (χ2n) is 6.38. The number of aromatic nitrogens is 1. The molecule has 0 aliphatic heterocycles. The van der Waals surface area contributed by atoms with Crippen LogP contribution in [0.4, 0.5) is 11.4 Å². The molecule has 0 saturated carbocycles. The van der Waals surface area contributed by atoms with Crippen LogP contribution in [0.15, 0.2) is 48.5 Å². The Morgan fingerprint density at radius 3 is 2.57 bits per heavy atom. The van der Waals surface area contributed by atoms with Crippen LogP contribution in [0.25, 0.3) is 10.9 Å². The second-order valence-corrected chi connectivity index (χ2v) is 6.38. The largest absolute Gasteiger partial charge is 0.465 e. The van der Waals surface area contributed by atoms with E-state index in [4.69, 9.17) is 9.47 Å². The molecule has 0 aliphatic carbocycles. The molecule has 1 heterocycles. The number of hydrogen-bond donors (Lipinski definition) is 1. The number of esters is 2. The summed E-state index contributed by atoms with van der Waals surface area (Å²) in [7, 11) is 1.35. The van der Waals surface area contributed by atoms with E-state index in [1.807, 2.05) is 26.0 Å². The maximum atomic E-state index is 12.1. The summed E-state index contributed by atoms with van der Waals surface area (Å²) in [6, 6.07) is 14.2. The molecular formula is C22H22N2O4. The van der Waals surface area contributed by atoms with Crippen molar-refractivity contribution in [3.63, 3.8) is 0 Å². The third kappa shape index (κ3) is 4.28. The molecule has 28 heavy (non-hydrogen) atoms. The first-order valence-electron chi connectivity index (χ1n) is 9.05. The molecule has 0 aliphatic rings. The molecule has 6 nitrogen and oxygen atoms in total. The number of carbonyl (C=O) groups is 2. The van der Waals surface area contributed by atoms with Crippen LogP contribution in [-0.4, -0.2) is 30.6 Å². The highest BCUT2D eigenvalue weighted by Crippen LogP contribution is 2.28. The summed E-state index contributed by atoms with van der Waals surface area (Å²) in [5.74, 6) is -0.761. The smallest absolute Gasteiger partial charge is 0.338 e. The molecule has 0 bridgehead atoms. The first kappa shape index (κ1) is 19.4. The lowest BCUT2D eigenvalue weighted by atomic mass is 10.1. The van der Waals surface area contributed by atoms with Gasteiger partial charge in [-0.05, 0) is 55.8 Å². The number of hydrogen-bond acceptors (Lipinski definition) is 6. The van der Waals surface area contributed by atoms with Crippen LogP contribution >= 0.6 is 0 Å². The van der Waals surface area contributed by atoms with Crippen LogP contribution in [0.5, 0.6) is 0 Å². The quantitative estimate of drug-likeness (QED) is 0.630. The molecule has 1 N–H and O–H groups in total. The van der Waals surface area contributed by atoms with Crippen molar-refractivity contribution in [1.82, 2.24) is 4.98 Å². The summed E-state index contributed by atoms with van der Waals surface area (Å²) in [5, 5.41) is 4.11. The van der Waals surface area contributed by atoms with Crippen LogP contribution < -0.4 is 5.32 Å². The van der Waals surface area contributed by atoms with Crippen LogP contribution in [0, 0.1) is 6.92 Å². The van der Waals surface area contributed by atoms with Gasteiger partial charge in [0.2, 0.25) is 0 Å². The number of nitrogens with one attached hydrogen (secondary N) is 1. The van der Waals surface area contributed by atoms with Gasteiger partial charge in [0, 0.05) is 22.5 Å². The molecule has 144 valence electrons. The summed E-state index contributed by atoms with van der Waals surface area (Å²) in [6.07, 6.45) is 0.772. The Morgan fingerprint density at radius 2 is 1.82 bits per heavy atom. The van der Waals surface area contributed by atoms with Gasteiger partial charge in [-0.25, -0.2) is 9.59 Å². The zero-order chi connectivity index (χ0) is 20.1. The van der Waals surface area contributed by atoms with Crippen molar-refractivity contribution in [3.05, 3.63) is 65.4 Å². The minimum Gasteiger partial charge on any atom is -0.465 e. The number of anilines is 2. The third-order valence-electron chi connectivity index (χ3n) is 4.17. The van der Waals surface area contributed by atoms with Gasteiger partial charge in [0.05, 0.1) is 30.4 Å². The van der Waals surface area contributed by atoms with E-state index >= 15 is 0 Å². The first-order chi connectivity index (χ1) is 13.5. The summed E-state index contributed by atoms with van der Waals surface area (Å²) >= 11 is 0. The topological polar surface area (TPSA) is 77.5 Å². The Hall–Kier alpha value is -3.41. The fourth-order valence-corrected chi connectivity index (χ4v) is 2.86.